The second kappa shape index (κ2) is 8.01. The standard InChI is InChI=1S/C26H25ClFN5O/c1-33-22(20-5-3-2-4-18(20)16-28)30-31-23(33)25-10-13-26(14-11-25,15-12-25)24-29-21(32-34-24)17-6-8-19(27)9-7-17/h2-9H,10-16H2,1H3. The highest BCUT2D eigenvalue weighted by Gasteiger charge is 2.54. The largest absolute Gasteiger partial charge is 0.338 e. The lowest BCUT2D eigenvalue weighted by atomic mass is 9.53. The van der Waals surface area contributed by atoms with Crippen LogP contribution in [0.1, 0.15) is 55.8 Å². The molecular formula is C26H25ClFN5O. The van der Waals surface area contributed by atoms with E-state index in [1.807, 2.05) is 49.5 Å². The first-order valence-corrected chi connectivity index (χ1v) is 12.1. The Morgan fingerprint density at radius 3 is 2.32 bits per heavy atom. The van der Waals surface area contributed by atoms with Gasteiger partial charge in [0.2, 0.25) is 11.7 Å². The van der Waals surface area contributed by atoms with Crippen molar-refractivity contribution in [2.24, 2.45) is 7.05 Å². The van der Waals surface area contributed by atoms with Crippen LogP contribution in [0, 0.1) is 0 Å². The molecule has 174 valence electrons. The molecule has 2 aromatic heterocycles. The van der Waals surface area contributed by atoms with E-state index in [-0.39, 0.29) is 10.8 Å². The zero-order chi connectivity index (χ0) is 23.3. The molecule has 4 aromatic rings. The van der Waals surface area contributed by atoms with E-state index < -0.39 is 6.67 Å². The summed E-state index contributed by atoms with van der Waals surface area (Å²) < 4.78 is 21.4. The summed E-state index contributed by atoms with van der Waals surface area (Å²) in [6.45, 7) is -0.520. The molecule has 0 N–H and O–H groups in total. The quantitative estimate of drug-likeness (QED) is 0.342. The molecule has 34 heavy (non-hydrogen) atoms. The Labute approximate surface area is 202 Å². The van der Waals surface area contributed by atoms with E-state index in [0.717, 1.165) is 67.2 Å². The van der Waals surface area contributed by atoms with Gasteiger partial charge in [-0.2, -0.15) is 4.98 Å². The van der Waals surface area contributed by atoms with Crippen LogP contribution in [0.5, 0.6) is 0 Å². The minimum atomic E-state index is -0.520. The van der Waals surface area contributed by atoms with Gasteiger partial charge >= 0.3 is 0 Å². The van der Waals surface area contributed by atoms with Gasteiger partial charge in [0, 0.05) is 34.0 Å². The average molecular weight is 478 g/mol. The molecule has 0 radical (unpaired) electrons. The molecule has 2 heterocycles. The van der Waals surface area contributed by atoms with Gasteiger partial charge in [0.15, 0.2) is 5.82 Å². The van der Waals surface area contributed by atoms with Crippen molar-refractivity contribution in [2.75, 3.05) is 0 Å². The van der Waals surface area contributed by atoms with Crippen molar-refractivity contribution in [1.82, 2.24) is 24.9 Å². The molecule has 7 rings (SSSR count). The Kier molecular flexibility index (Phi) is 5.06. The normalized spacial score (nSPS) is 24.0. The Bertz CT molecular complexity index is 1320. The number of hydrogen-bond acceptors (Lipinski definition) is 5. The van der Waals surface area contributed by atoms with Gasteiger partial charge in [-0.3, -0.25) is 0 Å². The van der Waals surface area contributed by atoms with Crippen LogP contribution in [-0.4, -0.2) is 24.9 Å². The first-order chi connectivity index (χ1) is 16.5. The van der Waals surface area contributed by atoms with Crippen LogP contribution in [0.3, 0.4) is 0 Å². The number of nitrogens with zero attached hydrogens (tertiary/aromatic N) is 5. The van der Waals surface area contributed by atoms with Gasteiger partial charge in [-0.05, 0) is 68.4 Å². The zero-order valence-corrected chi connectivity index (χ0v) is 19.7. The molecule has 8 heteroatoms. The van der Waals surface area contributed by atoms with E-state index >= 15 is 0 Å². The lowest BCUT2D eigenvalue weighted by Gasteiger charge is -2.51. The summed E-state index contributed by atoms with van der Waals surface area (Å²) in [7, 11) is 2.00. The van der Waals surface area contributed by atoms with Crippen molar-refractivity contribution in [3.8, 4) is 22.8 Å². The molecule has 3 aliphatic carbocycles. The molecule has 0 amide bonds. The summed E-state index contributed by atoms with van der Waals surface area (Å²) in [4.78, 5) is 4.79. The second-order valence-electron chi connectivity index (χ2n) is 9.69. The van der Waals surface area contributed by atoms with Crippen molar-refractivity contribution in [1.29, 1.82) is 0 Å². The van der Waals surface area contributed by atoms with Gasteiger partial charge in [-0.25, -0.2) is 4.39 Å². The number of alkyl halides is 1. The minimum absolute atomic E-state index is 0.0224. The number of halogens is 2. The molecule has 0 spiro atoms. The third-order valence-corrected chi connectivity index (χ3v) is 8.23. The number of aromatic nitrogens is 5. The van der Waals surface area contributed by atoms with Crippen molar-refractivity contribution in [2.45, 2.75) is 56.0 Å². The Balaban J connectivity index is 1.26. The van der Waals surface area contributed by atoms with Crippen LogP contribution in [-0.2, 0) is 24.6 Å². The summed E-state index contributed by atoms with van der Waals surface area (Å²) >= 11 is 6.01. The molecule has 0 saturated heterocycles. The molecule has 3 saturated carbocycles. The van der Waals surface area contributed by atoms with Gasteiger partial charge in [0.05, 0.1) is 0 Å². The van der Waals surface area contributed by atoms with Crippen molar-refractivity contribution in [3.05, 3.63) is 70.8 Å². The maximum atomic E-state index is 13.6. The van der Waals surface area contributed by atoms with Crippen LogP contribution in [0.2, 0.25) is 5.02 Å². The van der Waals surface area contributed by atoms with E-state index in [0.29, 0.717) is 16.4 Å². The third kappa shape index (κ3) is 3.28. The fourth-order valence-corrected chi connectivity index (χ4v) is 6.00. The molecule has 3 aliphatic rings. The van der Waals surface area contributed by atoms with Crippen molar-refractivity contribution in [3.63, 3.8) is 0 Å². The Hall–Kier alpha value is -3.06. The molecule has 0 unspecified atom stereocenters. The zero-order valence-electron chi connectivity index (χ0n) is 19.0. The Morgan fingerprint density at radius 1 is 0.941 bits per heavy atom. The highest BCUT2D eigenvalue weighted by atomic mass is 35.5. The van der Waals surface area contributed by atoms with Crippen molar-refractivity contribution < 1.29 is 8.91 Å². The van der Waals surface area contributed by atoms with E-state index in [1.165, 1.54) is 0 Å². The van der Waals surface area contributed by atoms with E-state index in [2.05, 4.69) is 19.9 Å². The van der Waals surface area contributed by atoms with E-state index in [4.69, 9.17) is 21.1 Å². The highest BCUT2D eigenvalue weighted by Crippen LogP contribution is 2.58. The number of fused-ring (bicyclic) bond motifs is 3. The lowest BCUT2D eigenvalue weighted by molar-refractivity contribution is 0.0689. The maximum absolute atomic E-state index is 13.6. The Morgan fingerprint density at radius 2 is 1.62 bits per heavy atom. The predicted molar refractivity (Wildman–Crippen MR) is 127 cm³/mol. The van der Waals surface area contributed by atoms with Gasteiger partial charge in [-0.15, -0.1) is 10.2 Å². The number of rotatable bonds is 5. The summed E-state index contributed by atoms with van der Waals surface area (Å²) in [5.41, 5.74) is 2.25. The average Bonchev–Trinajstić information content (AvgIpc) is 3.54. The molecule has 3 fully saturated rings. The van der Waals surface area contributed by atoms with Crippen LogP contribution >= 0.6 is 11.6 Å². The van der Waals surface area contributed by atoms with Crippen LogP contribution in [0.15, 0.2) is 53.1 Å². The molecular weight excluding hydrogens is 453 g/mol. The second-order valence-corrected chi connectivity index (χ2v) is 10.1. The van der Waals surface area contributed by atoms with Crippen LogP contribution < -0.4 is 0 Å². The lowest BCUT2D eigenvalue weighted by Crippen LogP contribution is -2.47. The minimum Gasteiger partial charge on any atom is -0.338 e. The summed E-state index contributed by atoms with van der Waals surface area (Å²) in [5.74, 6) is 3.07. The fraction of sp³-hybridized carbons (Fsp3) is 0.385. The maximum Gasteiger partial charge on any atom is 0.233 e. The van der Waals surface area contributed by atoms with Gasteiger partial charge in [0.25, 0.3) is 0 Å². The topological polar surface area (TPSA) is 69.6 Å². The monoisotopic (exact) mass is 477 g/mol. The first kappa shape index (κ1) is 21.5. The van der Waals surface area contributed by atoms with Gasteiger partial charge in [-0.1, -0.05) is 41.0 Å². The van der Waals surface area contributed by atoms with E-state index in [9.17, 15) is 4.39 Å². The first-order valence-electron chi connectivity index (χ1n) is 11.7. The number of benzene rings is 2. The number of hydrogen-bond donors (Lipinski definition) is 0. The molecule has 2 aromatic carbocycles. The van der Waals surface area contributed by atoms with Crippen LogP contribution in [0.25, 0.3) is 22.8 Å². The third-order valence-electron chi connectivity index (χ3n) is 7.98. The molecule has 0 aliphatic heterocycles. The summed E-state index contributed by atoms with van der Waals surface area (Å²) in [6.07, 6.45) is 5.88. The SMILES string of the molecule is Cn1c(-c2ccccc2CF)nnc1C12CCC(c3nc(-c4ccc(Cl)cc4)no3)(CC1)CC2. The van der Waals surface area contributed by atoms with Gasteiger partial charge < -0.3 is 9.09 Å². The fourth-order valence-electron chi connectivity index (χ4n) is 5.88. The van der Waals surface area contributed by atoms with Crippen molar-refractivity contribution >= 4 is 11.6 Å². The molecule has 2 bridgehead atoms. The molecule has 0 atom stereocenters. The molecule has 6 nitrogen and oxygen atoms in total. The summed E-state index contributed by atoms with van der Waals surface area (Å²) in [5, 5.41) is 14.1. The smallest absolute Gasteiger partial charge is 0.233 e. The van der Waals surface area contributed by atoms with Gasteiger partial charge in [0.1, 0.15) is 12.5 Å². The summed E-state index contributed by atoms with van der Waals surface area (Å²) in [6, 6.07) is 15.0. The van der Waals surface area contributed by atoms with Crippen LogP contribution in [0.4, 0.5) is 4.39 Å². The highest BCUT2D eigenvalue weighted by molar-refractivity contribution is 6.30. The van der Waals surface area contributed by atoms with E-state index in [1.54, 1.807) is 6.07 Å². The predicted octanol–water partition coefficient (Wildman–Crippen LogP) is 6.20.